The first-order valence-corrected chi connectivity index (χ1v) is 10.1. The van der Waals surface area contributed by atoms with Gasteiger partial charge in [-0.1, -0.05) is 0 Å². The Bertz CT molecular complexity index is 883. The van der Waals surface area contributed by atoms with Gasteiger partial charge in [-0.15, -0.1) is 0 Å². The van der Waals surface area contributed by atoms with Gasteiger partial charge in [0.2, 0.25) is 0 Å². The molecule has 0 aliphatic carbocycles. The van der Waals surface area contributed by atoms with Crippen molar-refractivity contribution in [1.82, 2.24) is 30.4 Å². The van der Waals surface area contributed by atoms with Crippen molar-refractivity contribution in [2.75, 3.05) is 32.1 Å². The van der Waals surface area contributed by atoms with E-state index in [1.54, 1.807) is 7.11 Å². The fourth-order valence-corrected chi connectivity index (χ4v) is 3.30. The summed E-state index contributed by atoms with van der Waals surface area (Å²) in [7, 11) is 1.61. The number of pyridine rings is 1. The van der Waals surface area contributed by atoms with E-state index in [0.717, 1.165) is 24.7 Å². The molecule has 1 atom stereocenters. The highest BCUT2D eigenvalue weighted by atomic mass is 19.4. The van der Waals surface area contributed by atoms with E-state index in [-0.39, 0.29) is 24.9 Å². The quantitative estimate of drug-likeness (QED) is 0.327. The van der Waals surface area contributed by atoms with Crippen LogP contribution in [0.4, 0.5) is 19.0 Å². The number of alkyl halides is 3. The monoisotopic (exact) mass is 440 g/mol. The standard InChI is InChI=1S/C19H27F3N8O/c1-3-23-18(26-10-9-25-17-14(19(20,21)22)5-4-8-24-17)27-13-6-7-16-28-15(12-31-2)29-30(16)11-13/h4-5,8,13H,3,6-7,9-12H2,1-2H3,(H,24,25)(H2,23,26,27). The Labute approximate surface area is 178 Å². The second-order valence-corrected chi connectivity index (χ2v) is 7.02. The molecule has 2 aromatic rings. The number of rotatable bonds is 8. The molecule has 2 aromatic heterocycles. The average Bonchev–Trinajstić information content (AvgIpc) is 3.13. The fourth-order valence-electron chi connectivity index (χ4n) is 3.30. The van der Waals surface area contributed by atoms with E-state index in [1.165, 1.54) is 12.3 Å². The molecule has 0 bridgehead atoms. The summed E-state index contributed by atoms with van der Waals surface area (Å²) in [4.78, 5) is 12.7. The minimum absolute atomic E-state index is 0.114. The molecule has 1 aliphatic rings. The van der Waals surface area contributed by atoms with Crippen molar-refractivity contribution in [3.05, 3.63) is 35.5 Å². The maximum atomic E-state index is 13.1. The van der Waals surface area contributed by atoms with Crippen LogP contribution in [0, 0.1) is 0 Å². The molecule has 170 valence electrons. The van der Waals surface area contributed by atoms with Gasteiger partial charge in [0, 0.05) is 38.9 Å². The predicted molar refractivity (Wildman–Crippen MR) is 110 cm³/mol. The molecule has 0 radical (unpaired) electrons. The molecule has 0 saturated heterocycles. The Morgan fingerprint density at radius 2 is 2.23 bits per heavy atom. The number of hydrogen-bond donors (Lipinski definition) is 3. The Hall–Kier alpha value is -2.89. The van der Waals surface area contributed by atoms with Gasteiger partial charge < -0.3 is 20.7 Å². The van der Waals surface area contributed by atoms with Crippen LogP contribution in [0.3, 0.4) is 0 Å². The number of aliphatic imine (C=N–C) groups is 1. The number of nitrogens with zero attached hydrogens (tertiary/aromatic N) is 5. The lowest BCUT2D eigenvalue weighted by Gasteiger charge is -2.25. The van der Waals surface area contributed by atoms with E-state index in [9.17, 15) is 13.2 Å². The molecular weight excluding hydrogens is 413 g/mol. The third-order valence-electron chi connectivity index (χ3n) is 4.65. The van der Waals surface area contributed by atoms with E-state index in [2.05, 4.69) is 36.0 Å². The second kappa shape index (κ2) is 10.4. The predicted octanol–water partition coefficient (Wildman–Crippen LogP) is 1.82. The highest BCUT2D eigenvalue weighted by Gasteiger charge is 2.33. The molecule has 3 rings (SSSR count). The number of methoxy groups -OCH3 is 1. The van der Waals surface area contributed by atoms with Crippen LogP contribution in [-0.2, 0) is 30.5 Å². The molecule has 3 N–H and O–H groups in total. The van der Waals surface area contributed by atoms with E-state index < -0.39 is 11.7 Å². The van der Waals surface area contributed by atoms with Gasteiger partial charge in [0.25, 0.3) is 0 Å². The number of guanidine groups is 1. The zero-order valence-corrected chi connectivity index (χ0v) is 17.5. The lowest BCUT2D eigenvalue weighted by atomic mass is 10.1. The van der Waals surface area contributed by atoms with Gasteiger partial charge in [-0.2, -0.15) is 18.3 Å². The summed E-state index contributed by atoms with van der Waals surface area (Å²) >= 11 is 0. The lowest BCUT2D eigenvalue weighted by Crippen LogP contribution is -2.47. The van der Waals surface area contributed by atoms with Crippen LogP contribution in [0.5, 0.6) is 0 Å². The molecule has 12 heteroatoms. The molecule has 0 aromatic carbocycles. The SMILES string of the molecule is CCNC(=NCCNc1ncccc1C(F)(F)F)NC1CCc2nc(COC)nn2C1. The summed E-state index contributed by atoms with van der Waals surface area (Å²) in [6.45, 7) is 4.14. The largest absolute Gasteiger partial charge is 0.419 e. The summed E-state index contributed by atoms with van der Waals surface area (Å²) in [6, 6.07) is 2.38. The Balaban J connectivity index is 1.55. The molecule has 3 heterocycles. The first kappa shape index (κ1) is 22.8. The number of ether oxygens (including phenoxy) is 1. The number of halogens is 3. The van der Waals surface area contributed by atoms with Crippen LogP contribution in [0.25, 0.3) is 0 Å². The third kappa shape index (κ3) is 6.29. The first-order valence-electron chi connectivity index (χ1n) is 10.1. The van der Waals surface area contributed by atoms with E-state index in [0.29, 0.717) is 31.5 Å². The Kier molecular flexibility index (Phi) is 7.66. The molecular formula is C19H27F3N8O. The van der Waals surface area contributed by atoms with E-state index in [4.69, 9.17) is 4.74 Å². The van der Waals surface area contributed by atoms with Crippen molar-refractivity contribution in [1.29, 1.82) is 0 Å². The smallest absolute Gasteiger partial charge is 0.377 e. The molecule has 31 heavy (non-hydrogen) atoms. The second-order valence-electron chi connectivity index (χ2n) is 7.02. The van der Waals surface area contributed by atoms with Gasteiger partial charge in [0.15, 0.2) is 11.8 Å². The van der Waals surface area contributed by atoms with Crippen molar-refractivity contribution in [2.24, 2.45) is 4.99 Å². The maximum Gasteiger partial charge on any atom is 0.419 e. The molecule has 0 saturated carbocycles. The summed E-state index contributed by atoms with van der Waals surface area (Å²) in [5.74, 6) is 2.01. The van der Waals surface area contributed by atoms with E-state index in [1.807, 2.05) is 11.6 Å². The number of aryl methyl sites for hydroxylation is 1. The summed E-state index contributed by atoms with van der Waals surface area (Å²) in [6.07, 6.45) is -1.47. The zero-order chi connectivity index (χ0) is 22.3. The van der Waals surface area contributed by atoms with Crippen LogP contribution in [0.15, 0.2) is 23.3 Å². The number of fused-ring (bicyclic) bond motifs is 1. The maximum absolute atomic E-state index is 13.1. The van der Waals surface area contributed by atoms with Gasteiger partial charge in [0.05, 0.1) is 18.7 Å². The van der Waals surface area contributed by atoms with Gasteiger partial charge in [-0.25, -0.2) is 14.6 Å². The summed E-state index contributed by atoms with van der Waals surface area (Å²) < 4.78 is 46.1. The summed E-state index contributed by atoms with van der Waals surface area (Å²) in [5, 5.41) is 13.7. The number of hydrogen-bond acceptors (Lipinski definition) is 6. The Morgan fingerprint density at radius 1 is 1.39 bits per heavy atom. The normalized spacial score (nSPS) is 16.7. The van der Waals surface area contributed by atoms with E-state index >= 15 is 0 Å². The fraction of sp³-hybridized carbons (Fsp3) is 0.579. The van der Waals surface area contributed by atoms with Crippen molar-refractivity contribution in [3.63, 3.8) is 0 Å². The number of aromatic nitrogens is 4. The topological polar surface area (TPSA) is 101 Å². The minimum atomic E-state index is -4.46. The van der Waals surface area contributed by atoms with Gasteiger partial charge in [-0.05, 0) is 25.5 Å². The molecule has 0 fully saturated rings. The van der Waals surface area contributed by atoms with Crippen molar-refractivity contribution < 1.29 is 17.9 Å². The van der Waals surface area contributed by atoms with Crippen LogP contribution in [0.2, 0.25) is 0 Å². The molecule has 1 aliphatic heterocycles. The van der Waals surface area contributed by atoms with Gasteiger partial charge in [-0.3, -0.25) is 4.99 Å². The minimum Gasteiger partial charge on any atom is -0.377 e. The van der Waals surface area contributed by atoms with Crippen LogP contribution in [-0.4, -0.2) is 58.5 Å². The van der Waals surface area contributed by atoms with Crippen molar-refractivity contribution in [3.8, 4) is 0 Å². The van der Waals surface area contributed by atoms with Crippen LogP contribution < -0.4 is 16.0 Å². The first-order chi connectivity index (χ1) is 14.9. The average molecular weight is 440 g/mol. The lowest BCUT2D eigenvalue weighted by molar-refractivity contribution is -0.137. The molecule has 0 spiro atoms. The van der Waals surface area contributed by atoms with Crippen molar-refractivity contribution >= 4 is 11.8 Å². The number of anilines is 1. The number of nitrogens with one attached hydrogen (secondary N) is 3. The molecule has 0 amide bonds. The highest BCUT2D eigenvalue weighted by Crippen LogP contribution is 2.33. The molecule has 1 unspecified atom stereocenters. The third-order valence-corrected chi connectivity index (χ3v) is 4.65. The highest BCUT2D eigenvalue weighted by molar-refractivity contribution is 5.80. The van der Waals surface area contributed by atoms with Crippen molar-refractivity contribution in [2.45, 2.75) is 45.1 Å². The molecule has 9 nitrogen and oxygen atoms in total. The van der Waals surface area contributed by atoms with Gasteiger partial charge >= 0.3 is 6.18 Å². The zero-order valence-electron chi connectivity index (χ0n) is 17.5. The van der Waals surface area contributed by atoms with Gasteiger partial charge in [0.1, 0.15) is 18.2 Å². The summed E-state index contributed by atoms with van der Waals surface area (Å²) in [5.41, 5.74) is -0.789. The Morgan fingerprint density at radius 3 is 2.97 bits per heavy atom. The van der Waals surface area contributed by atoms with Crippen LogP contribution in [0.1, 0.15) is 30.6 Å². The van der Waals surface area contributed by atoms with Crippen LogP contribution >= 0.6 is 0 Å².